The third-order valence-electron chi connectivity index (χ3n) is 1.32. The molecule has 0 spiro atoms. The first-order valence-corrected chi connectivity index (χ1v) is 3.87. The average Bonchev–Trinajstić information content (AvgIpc) is 2.50. The van der Waals surface area contributed by atoms with E-state index in [4.69, 9.17) is 5.26 Å². The molecule has 0 N–H and O–H groups in total. The monoisotopic (exact) mass is 161 g/mol. The van der Waals surface area contributed by atoms with E-state index in [2.05, 4.69) is 9.97 Å². The molecule has 0 aliphatic rings. The van der Waals surface area contributed by atoms with Crippen molar-refractivity contribution in [1.82, 2.24) is 9.97 Å². The standard InChI is InChI=1S/C7H3N3S/c8-2-5-1-6-7(9-3-5)10-4-11-6/h1,3-4H. The van der Waals surface area contributed by atoms with Gasteiger partial charge in [0.15, 0.2) is 5.65 Å². The number of fused-ring (bicyclic) bond motifs is 1. The summed E-state index contributed by atoms with van der Waals surface area (Å²) in [5, 5.41) is 8.53. The van der Waals surface area contributed by atoms with Gasteiger partial charge in [-0.3, -0.25) is 0 Å². The predicted octanol–water partition coefficient (Wildman–Crippen LogP) is 1.56. The van der Waals surface area contributed by atoms with Crippen molar-refractivity contribution < 1.29 is 0 Å². The molecule has 2 heterocycles. The van der Waals surface area contributed by atoms with E-state index < -0.39 is 0 Å². The fourth-order valence-corrected chi connectivity index (χ4v) is 1.49. The van der Waals surface area contributed by atoms with E-state index in [0.29, 0.717) is 11.2 Å². The minimum Gasteiger partial charge on any atom is -0.235 e. The van der Waals surface area contributed by atoms with Crippen molar-refractivity contribution in [2.24, 2.45) is 0 Å². The molecular weight excluding hydrogens is 158 g/mol. The molecule has 11 heavy (non-hydrogen) atoms. The van der Waals surface area contributed by atoms with Crippen LogP contribution < -0.4 is 0 Å². The lowest BCUT2D eigenvalue weighted by atomic mass is 10.3. The molecule has 0 saturated heterocycles. The Morgan fingerprint density at radius 3 is 3.18 bits per heavy atom. The maximum atomic E-state index is 8.53. The van der Waals surface area contributed by atoms with Gasteiger partial charge < -0.3 is 0 Å². The minimum absolute atomic E-state index is 0.585. The van der Waals surface area contributed by atoms with Gasteiger partial charge in [0.2, 0.25) is 0 Å². The lowest BCUT2D eigenvalue weighted by molar-refractivity contribution is 1.31. The lowest BCUT2D eigenvalue weighted by Crippen LogP contribution is -1.77. The second-order valence-electron chi connectivity index (χ2n) is 2.01. The first kappa shape index (κ1) is 6.25. The van der Waals surface area contributed by atoms with Gasteiger partial charge in [0.25, 0.3) is 0 Å². The second kappa shape index (κ2) is 2.29. The Morgan fingerprint density at radius 2 is 2.36 bits per heavy atom. The lowest BCUT2D eigenvalue weighted by Gasteiger charge is -1.85. The van der Waals surface area contributed by atoms with Crippen molar-refractivity contribution in [3.8, 4) is 6.07 Å². The number of hydrogen-bond acceptors (Lipinski definition) is 4. The van der Waals surface area contributed by atoms with Crippen molar-refractivity contribution in [3.05, 3.63) is 23.3 Å². The maximum absolute atomic E-state index is 8.53. The van der Waals surface area contributed by atoms with Crippen molar-refractivity contribution in [2.75, 3.05) is 0 Å². The van der Waals surface area contributed by atoms with Crippen LogP contribution in [0.5, 0.6) is 0 Å². The fourth-order valence-electron chi connectivity index (χ4n) is 0.815. The number of nitriles is 1. The topological polar surface area (TPSA) is 49.6 Å². The maximum Gasteiger partial charge on any atom is 0.170 e. The predicted molar refractivity (Wildman–Crippen MR) is 42.1 cm³/mol. The van der Waals surface area contributed by atoms with E-state index in [1.807, 2.05) is 6.07 Å². The zero-order valence-electron chi connectivity index (χ0n) is 5.48. The molecule has 2 aromatic heterocycles. The molecule has 3 nitrogen and oxygen atoms in total. The third-order valence-corrected chi connectivity index (χ3v) is 2.08. The fraction of sp³-hybridized carbons (Fsp3) is 0. The highest BCUT2D eigenvalue weighted by molar-refractivity contribution is 7.16. The van der Waals surface area contributed by atoms with Gasteiger partial charge in [-0.2, -0.15) is 5.26 Å². The second-order valence-corrected chi connectivity index (χ2v) is 2.90. The molecule has 0 radical (unpaired) electrons. The van der Waals surface area contributed by atoms with Crippen LogP contribution >= 0.6 is 11.3 Å². The van der Waals surface area contributed by atoms with Crippen LogP contribution in [0.2, 0.25) is 0 Å². The Hall–Kier alpha value is -1.47. The van der Waals surface area contributed by atoms with Gasteiger partial charge in [-0.15, -0.1) is 11.3 Å². The molecule has 0 aliphatic carbocycles. The van der Waals surface area contributed by atoms with Crippen LogP contribution in [-0.4, -0.2) is 9.97 Å². The van der Waals surface area contributed by atoms with Gasteiger partial charge in [-0.25, -0.2) is 9.97 Å². The molecule has 0 fully saturated rings. The summed E-state index contributed by atoms with van der Waals surface area (Å²) in [6.07, 6.45) is 1.53. The summed E-state index contributed by atoms with van der Waals surface area (Å²) in [7, 11) is 0. The number of pyridine rings is 1. The van der Waals surface area contributed by atoms with E-state index in [1.165, 1.54) is 17.5 Å². The van der Waals surface area contributed by atoms with Crippen LogP contribution in [-0.2, 0) is 0 Å². The number of rotatable bonds is 0. The highest BCUT2D eigenvalue weighted by atomic mass is 32.1. The molecule has 52 valence electrons. The van der Waals surface area contributed by atoms with Crippen molar-refractivity contribution >= 4 is 21.7 Å². The van der Waals surface area contributed by atoms with Gasteiger partial charge >= 0.3 is 0 Å². The smallest absolute Gasteiger partial charge is 0.170 e. The Bertz CT molecular complexity index is 426. The molecule has 0 saturated carbocycles. The van der Waals surface area contributed by atoms with Crippen LogP contribution in [0.25, 0.3) is 10.3 Å². The van der Waals surface area contributed by atoms with Gasteiger partial charge in [-0.05, 0) is 6.07 Å². The number of thiazole rings is 1. The quantitative estimate of drug-likeness (QED) is 0.589. The molecule has 0 aromatic carbocycles. The summed E-state index contributed by atoms with van der Waals surface area (Å²) in [6, 6.07) is 3.82. The largest absolute Gasteiger partial charge is 0.235 e. The molecule has 4 heteroatoms. The Morgan fingerprint density at radius 1 is 1.45 bits per heavy atom. The number of hydrogen-bond donors (Lipinski definition) is 0. The summed E-state index contributed by atoms with van der Waals surface area (Å²) >= 11 is 1.49. The first-order valence-electron chi connectivity index (χ1n) is 2.99. The Balaban J connectivity index is 2.79. The average molecular weight is 161 g/mol. The molecule has 0 bridgehead atoms. The molecular formula is C7H3N3S. The van der Waals surface area contributed by atoms with Crippen LogP contribution in [0, 0.1) is 11.3 Å². The van der Waals surface area contributed by atoms with Crippen molar-refractivity contribution in [2.45, 2.75) is 0 Å². The number of aromatic nitrogens is 2. The SMILES string of the molecule is N#Cc1cnc2ncsc2c1. The van der Waals surface area contributed by atoms with Crippen molar-refractivity contribution in [1.29, 1.82) is 5.26 Å². The summed E-state index contributed by atoms with van der Waals surface area (Å²) in [6.45, 7) is 0. The van der Waals surface area contributed by atoms with E-state index in [-0.39, 0.29) is 0 Å². The molecule has 0 unspecified atom stereocenters. The van der Waals surface area contributed by atoms with Crippen LogP contribution in [0.15, 0.2) is 17.8 Å². The number of nitrogens with zero attached hydrogens (tertiary/aromatic N) is 3. The molecule has 2 rings (SSSR count). The zero-order valence-corrected chi connectivity index (χ0v) is 6.30. The van der Waals surface area contributed by atoms with Crippen LogP contribution in [0.4, 0.5) is 0 Å². The summed E-state index contributed by atoms with van der Waals surface area (Å²) < 4.78 is 0.962. The van der Waals surface area contributed by atoms with Gasteiger partial charge in [0, 0.05) is 6.20 Å². The Labute approximate surface area is 67.0 Å². The van der Waals surface area contributed by atoms with Crippen LogP contribution in [0.1, 0.15) is 5.56 Å². The van der Waals surface area contributed by atoms with Gasteiger partial charge in [-0.1, -0.05) is 0 Å². The highest BCUT2D eigenvalue weighted by Crippen LogP contribution is 2.15. The third kappa shape index (κ3) is 0.954. The van der Waals surface area contributed by atoms with Gasteiger partial charge in [0.1, 0.15) is 6.07 Å². The van der Waals surface area contributed by atoms with Gasteiger partial charge in [0.05, 0.1) is 15.8 Å². The first-order chi connectivity index (χ1) is 5.40. The van der Waals surface area contributed by atoms with E-state index in [0.717, 1.165) is 4.70 Å². The molecule has 0 atom stereocenters. The van der Waals surface area contributed by atoms with E-state index >= 15 is 0 Å². The van der Waals surface area contributed by atoms with Crippen LogP contribution in [0.3, 0.4) is 0 Å². The zero-order chi connectivity index (χ0) is 7.68. The van der Waals surface area contributed by atoms with E-state index in [9.17, 15) is 0 Å². The summed E-state index contributed by atoms with van der Waals surface area (Å²) in [5.41, 5.74) is 3.02. The van der Waals surface area contributed by atoms with E-state index in [1.54, 1.807) is 11.6 Å². The molecule has 2 aromatic rings. The Kier molecular flexibility index (Phi) is 1.30. The summed E-state index contributed by atoms with van der Waals surface area (Å²) in [4.78, 5) is 7.98. The normalized spacial score (nSPS) is 9.73. The van der Waals surface area contributed by atoms with Crippen molar-refractivity contribution in [3.63, 3.8) is 0 Å². The highest BCUT2D eigenvalue weighted by Gasteiger charge is 1.97. The minimum atomic E-state index is 0.585. The molecule has 0 amide bonds. The molecule has 0 aliphatic heterocycles. The summed E-state index contributed by atoms with van der Waals surface area (Å²) in [5.74, 6) is 0.